The van der Waals surface area contributed by atoms with Gasteiger partial charge in [0.25, 0.3) is 0 Å². The van der Waals surface area contributed by atoms with E-state index in [4.69, 9.17) is 5.11 Å². The summed E-state index contributed by atoms with van der Waals surface area (Å²) >= 11 is 0. The van der Waals surface area contributed by atoms with E-state index in [9.17, 15) is 4.79 Å². The van der Waals surface area contributed by atoms with Gasteiger partial charge < -0.3 is 9.90 Å². The number of hydrogen-bond donors (Lipinski definition) is 1. The van der Waals surface area contributed by atoms with Crippen LogP contribution in [0.2, 0.25) is 0 Å². The van der Waals surface area contributed by atoms with Crippen molar-refractivity contribution >= 4 is 5.97 Å². The molecule has 0 aromatic rings. The Morgan fingerprint density at radius 1 is 1.47 bits per heavy atom. The van der Waals surface area contributed by atoms with Gasteiger partial charge in [-0.3, -0.25) is 6.08 Å². The Kier molecular flexibility index (Phi) is 6.76. The molecule has 0 bridgehead atoms. The van der Waals surface area contributed by atoms with Gasteiger partial charge in [-0.15, -0.1) is 18.1 Å². The molecule has 3 heteroatoms. The van der Waals surface area contributed by atoms with Gasteiger partial charge in [0.2, 0.25) is 5.97 Å². The van der Waals surface area contributed by atoms with Gasteiger partial charge in [-0.05, 0) is 0 Å². The minimum Gasteiger partial charge on any atom is -0.535 e. The zero-order valence-corrected chi connectivity index (χ0v) is 9.54. The maximum absolute atomic E-state index is 10.3. The van der Waals surface area contributed by atoms with E-state index in [0.29, 0.717) is 12.0 Å². The topological polar surface area (TPSA) is 37.3 Å². The zero-order chi connectivity index (χ0) is 10.4. The van der Waals surface area contributed by atoms with E-state index in [1.54, 1.807) is 6.92 Å². The molecule has 0 fully saturated rings. The summed E-state index contributed by atoms with van der Waals surface area (Å²) in [6, 6.07) is 0. The molecule has 0 amide bonds. The van der Waals surface area contributed by atoms with Crippen LogP contribution in [0.25, 0.3) is 0 Å². The zero-order valence-electron chi connectivity index (χ0n) is 8.43. The Morgan fingerprint density at radius 3 is 2.40 bits per heavy atom. The Hall–Kier alpha value is -1.05. The standard InChI is InChI=1S/C7H7O2.C5H5.Fe/c1-5-3-2-4-6(5)7(8)9;1-2-4-5-3-1;/h3H,2H2,1H3,(H,8,9);1-3H,4H2;/q2*-1;+2. The predicted molar refractivity (Wildman–Crippen MR) is 54.3 cm³/mol. The molecule has 0 aliphatic heterocycles. The third-order valence-electron chi connectivity index (χ3n) is 1.88. The second-order valence-corrected chi connectivity index (χ2v) is 2.95. The number of carboxylic acids is 1. The Bertz CT molecular complexity index is 326. The molecular formula is C12H12FeO2. The van der Waals surface area contributed by atoms with Crippen LogP contribution in [0.1, 0.15) is 19.8 Å². The molecule has 15 heavy (non-hydrogen) atoms. The van der Waals surface area contributed by atoms with E-state index in [-0.39, 0.29) is 17.1 Å². The smallest absolute Gasteiger partial charge is 0.535 e. The van der Waals surface area contributed by atoms with Crippen LogP contribution in [-0.2, 0) is 21.9 Å². The largest absolute Gasteiger partial charge is 2.00 e. The number of allylic oxidation sites excluding steroid dienone is 6. The molecule has 0 heterocycles. The first-order valence-electron chi connectivity index (χ1n) is 4.45. The molecule has 0 aromatic carbocycles. The third kappa shape index (κ3) is 4.82. The van der Waals surface area contributed by atoms with Crippen LogP contribution in [0.15, 0.2) is 35.5 Å². The van der Waals surface area contributed by atoms with E-state index in [1.807, 2.05) is 18.2 Å². The van der Waals surface area contributed by atoms with Crippen molar-refractivity contribution < 1.29 is 27.0 Å². The van der Waals surface area contributed by atoms with Crippen molar-refractivity contribution in [2.45, 2.75) is 19.8 Å². The molecule has 0 aromatic heterocycles. The average molecular weight is 244 g/mol. The molecule has 2 aliphatic rings. The molecule has 0 unspecified atom stereocenters. The molecule has 0 atom stereocenters. The van der Waals surface area contributed by atoms with E-state index < -0.39 is 5.97 Å². The molecular weight excluding hydrogens is 232 g/mol. The summed E-state index contributed by atoms with van der Waals surface area (Å²) in [5.41, 5.74) is 1.15. The van der Waals surface area contributed by atoms with Crippen LogP contribution in [-0.4, -0.2) is 11.1 Å². The normalized spacial score (nSPS) is 16.1. The summed E-state index contributed by atoms with van der Waals surface area (Å²) in [5.74, 6) is -0.874. The quantitative estimate of drug-likeness (QED) is 0.568. The van der Waals surface area contributed by atoms with Crippen LogP contribution in [0.5, 0.6) is 0 Å². The first-order valence-corrected chi connectivity index (χ1v) is 4.45. The van der Waals surface area contributed by atoms with E-state index in [2.05, 4.69) is 18.2 Å². The van der Waals surface area contributed by atoms with Gasteiger partial charge in [0.05, 0.1) is 0 Å². The average Bonchev–Trinajstić information content (AvgIpc) is 2.74. The third-order valence-corrected chi connectivity index (χ3v) is 1.88. The molecule has 1 N–H and O–H groups in total. The number of hydrogen-bond acceptors (Lipinski definition) is 1. The van der Waals surface area contributed by atoms with Crippen molar-refractivity contribution in [3.63, 3.8) is 0 Å². The number of rotatable bonds is 1. The fourth-order valence-electron chi connectivity index (χ4n) is 1.13. The molecule has 2 rings (SSSR count). The Balaban J connectivity index is 0.000000280. The minimum absolute atomic E-state index is 0. The van der Waals surface area contributed by atoms with Crippen molar-refractivity contribution in [2.24, 2.45) is 0 Å². The number of carboxylic acid groups (broad SMARTS) is 1. The molecule has 0 saturated carbocycles. The molecule has 0 spiro atoms. The van der Waals surface area contributed by atoms with Crippen molar-refractivity contribution in [1.82, 2.24) is 0 Å². The van der Waals surface area contributed by atoms with Gasteiger partial charge >= 0.3 is 17.1 Å². The van der Waals surface area contributed by atoms with Crippen molar-refractivity contribution in [3.05, 3.63) is 47.6 Å². The van der Waals surface area contributed by atoms with Crippen molar-refractivity contribution in [3.8, 4) is 0 Å². The monoisotopic (exact) mass is 244 g/mol. The van der Waals surface area contributed by atoms with Crippen LogP contribution in [0.3, 0.4) is 0 Å². The van der Waals surface area contributed by atoms with Crippen LogP contribution in [0, 0.1) is 12.2 Å². The first kappa shape index (κ1) is 13.9. The fourth-order valence-corrected chi connectivity index (χ4v) is 1.13. The van der Waals surface area contributed by atoms with Crippen LogP contribution >= 0.6 is 0 Å². The maximum Gasteiger partial charge on any atom is 2.00 e. The van der Waals surface area contributed by atoms with E-state index in [0.717, 1.165) is 12.0 Å². The van der Waals surface area contributed by atoms with Crippen molar-refractivity contribution in [1.29, 1.82) is 0 Å². The van der Waals surface area contributed by atoms with Crippen LogP contribution < -0.4 is 0 Å². The second kappa shape index (κ2) is 7.27. The van der Waals surface area contributed by atoms with Gasteiger partial charge in [0.1, 0.15) is 0 Å². The summed E-state index contributed by atoms with van der Waals surface area (Å²) in [6.45, 7) is 1.78. The number of aliphatic carboxylic acids is 1. The van der Waals surface area contributed by atoms with Gasteiger partial charge in [0, 0.05) is 0 Å². The van der Waals surface area contributed by atoms with Gasteiger partial charge in [-0.25, -0.2) is 12.2 Å². The fraction of sp³-hybridized carbons (Fsp3) is 0.250. The first-order chi connectivity index (χ1) is 6.72. The van der Waals surface area contributed by atoms with E-state index >= 15 is 0 Å². The van der Waals surface area contributed by atoms with Gasteiger partial charge in [0.15, 0.2) is 0 Å². The Labute approximate surface area is 101 Å². The summed E-state index contributed by atoms with van der Waals surface area (Å²) in [6.07, 6.45) is 15.2. The number of carbonyl (C=O) groups is 1. The second-order valence-electron chi connectivity index (χ2n) is 2.95. The molecule has 2 aliphatic carbocycles. The molecule has 2 nitrogen and oxygen atoms in total. The maximum atomic E-state index is 10.3. The van der Waals surface area contributed by atoms with Gasteiger partial charge in [-0.1, -0.05) is 13.3 Å². The van der Waals surface area contributed by atoms with Crippen molar-refractivity contribution in [2.75, 3.05) is 0 Å². The molecule has 0 saturated heterocycles. The minimum atomic E-state index is -0.874. The summed E-state index contributed by atoms with van der Waals surface area (Å²) in [5, 5.41) is 8.44. The Morgan fingerprint density at radius 2 is 2.20 bits per heavy atom. The van der Waals surface area contributed by atoms with Crippen LogP contribution in [0.4, 0.5) is 0 Å². The molecule has 80 valence electrons. The van der Waals surface area contributed by atoms with Gasteiger partial charge in [-0.2, -0.15) is 17.7 Å². The SMILES string of the molecule is CC1=CC[C-]=C1C(=O)O.[C-]1=CC=CC1.[Fe+2]. The molecule has 0 radical (unpaired) electrons. The predicted octanol–water partition coefficient (Wildman–Crippen LogP) is 2.45. The van der Waals surface area contributed by atoms with E-state index in [1.165, 1.54) is 0 Å². The summed E-state index contributed by atoms with van der Waals surface area (Å²) in [4.78, 5) is 10.3. The summed E-state index contributed by atoms with van der Waals surface area (Å²) < 4.78 is 0. The summed E-state index contributed by atoms with van der Waals surface area (Å²) in [7, 11) is 0.